The first-order valence-corrected chi connectivity index (χ1v) is 6.79. The van der Waals surface area contributed by atoms with E-state index in [1.165, 1.54) is 0 Å². The number of amides is 1. The summed E-state index contributed by atoms with van der Waals surface area (Å²) in [5.41, 5.74) is -1.64. The number of hydrogen-bond acceptors (Lipinski definition) is 3. The Bertz CT molecular complexity index is 673. The van der Waals surface area contributed by atoms with Crippen molar-refractivity contribution in [2.24, 2.45) is 0 Å². The van der Waals surface area contributed by atoms with Crippen LogP contribution in [0.15, 0.2) is 17.1 Å². The van der Waals surface area contributed by atoms with E-state index in [2.05, 4.69) is 10.1 Å². The molecule has 1 amide bonds. The third-order valence-electron chi connectivity index (χ3n) is 3.32. The number of rotatable bonds is 4. The van der Waals surface area contributed by atoms with Crippen LogP contribution in [-0.4, -0.2) is 35.3 Å². The average Bonchev–Trinajstić information content (AvgIpc) is 2.93. The zero-order chi connectivity index (χ0) is 18.1. The lowest BCUT2D eigenvalue weighted by atomic mass is 10.2. The van der Waals surface area contributed by atoms with Crippen molar-refractivity contribution in [3.05, 3.63) is 28.4 Å². The summed E-state index contributed by atoms with van der Waals surface area (Å²) in [6, 6.07) is 0.596. The standard InChI is InChI=1S/C13H12F6N2O3/c14-7-3-6(4-21(12(7)23)5-10(15)16)20-11(22)8-1-2-9(24-8)13(17,18)19/h3-4,8-10H,1-2,5H2,(H,20,22). The summed E-state index contributed by atoms with van der Waals surface area (Å²) in [6.07, 6.45) is -10.8. The van der Waals surface area contributed by atoms with E-state index in [1.54, 1.807) is 0 Å². The summed E-state index contributed by atoms with van der Waals surface area (Å²) in [7, 11) is 0. The minimum absolute atomic E-state index is 0.199. The number of aromatic nitrogens is 1. The van der Waals surface area contributed by atoms with Gasteiger partial charge in [0.15, 0.2) is 11.9 Å². The van der Waals surface area contributed by atoms with Gasteiger partial charge in [-0.15, -0.1) is 0 Å². The summed E-state index contributed by atoms with van der Waals surface area (Å²) in [6.45, 7) is -1.09. The van der Waals surface area contributed by atoms with Crippen molar-refractivity contribution in [1.82, 2.24) is 4.57 Å². The molecule has 0 radical (unpaired) electrons. The average molecular weight is 358 g/mol. The molecule has 0 aliphatic carbocycles. The highest BCUT2D eigenvalue weighted by molar-refractivity contribution is 5.94. The molecule has 0 saturated carbocycles. The quantitative estimate of drug-likeness (QED) is 0.841. The maximum absolute atomic E-state index is 13.4. The number of nitrogens with one attached hydrogen (secondary N) is 1. The molecule has 2 atom stereocenters. The zero-order valence-electron chi connectivity index (χ0n) is 11.9. The Hall–Kier alpha value is -2.04. The molecule has 1 saturated heterocycles. The molecule has 5 nitrogen and oxygen atoms in total. The molecule has 1 aliphatic heterocycles. The lowest BCUT2D eigenvalue weighted by Gasteiger charge is -2.16. The first-order valence-electron chi connectivity index (χ1n) is 6.79. The largest absolute Gasteiger partial charge is 0.414 e. The molecule has 134 valence electrons. The van der Waals surface area contributed by atoms with Gasteiger partial charge in [-0.05, 0) is 12.8 Å². The molecular weight excluding hydrogens is 346 g/mol. The topological polar surface area (TPSA) is 60.3 Å². The molecule has 1 N–H and O–H groups in total. The van der Waals surface area contributed by atoms with Crippen LogP contribution in [0.3, 0.4) is 0 Å². The Labute approximate surface area is 131 Å². The van der Waals surface area contributed by atoms with Gasteiger partial charge in [0.25, 0.3) is 17.9 Å². The number of hydrogen-bond donors (Lipinski definition) is 1. The van der Waals surface area contributed by atoms with Crippen LogP contribution in [0.4, 0.5) is 32.0 Å². The molecule has 0 aromatic carbocycles. The lowest BCUT2D eigenvalue weighted by Crippen LogP contribution is -2.33. The number of carbonyl (C=O) groups excluding carboxylic acids is 1. The second-order valence-corrected chi connectivity index (χ2v) is 5.15. The number of anilines is 1. The van der Waals surface area contributed by atoms with Gasteiger partial charge in [0.2, 0.25) is 0 Å². The first-order chi connectivity index (χ1) is 11.1. The van der Waals surface area contributed by atoms with E-state index >= 15 is 0 Å². The number of ether oxygens (including phenoxy) is 1. The fourth-order valence-corrected chi connectivity index (χ4v) is 2.25. The molecule has 1 fully saturated rings. The third-order valence-corrected chi connectivity index (χ3v) is 3.32. The number of nitrogens with zero attached hydrogens (tertiary/aromatic N) is 1. The monoisotopic (exact) mass is 358 g/mol. The normalized spacial score (nSPS) is 21.3. The van der Waals surface area contributed by atoms with Crippen molar-refractivity contribution in [2.45, 2.75) is 44.2 Å². The van der Waals surface area contributed by atoms with E-state index < -0.39 is 55.1 Å². The van der Waals surface area contributed by atoms with Gasteiger partial charge in [-0.25, -0.2) is 13.2 Å². The summed E-state index contributed by atoms with van der Waals surface area (Å²) in [4.78, 5) is 23.2. The van der Waals surface area contributed by atoms with Gasteiger partial charge in [0.05, 0.1) is 12.2 Å². The molecule has 2 unspecified atom stereocenters. The molecule has 24 heavy (non-hydrogen) atoms. The van der Waals surface area contributed by atoms with Crippen LogP contribution in [0.1, 0.15) is 12.8 Å². The van der Waals surface area contributed by atoms with Crippen molar-refractivity contribution in [1.29, 1.82) is 0 Å². The van der Waals surface area contributed by atoms with Crippen LogP contribution in [0, 0.1) is 5.82 Å². The Morgan fingerprint density at radius 2 is 2.04 bits per heavy atom. The smallest absolute Gasteiger partial charge is 0.356 e. The van der Waals surface area contributed by atoms with Crippen molar-refractivity contribution >= 4 is 11.6 Å². The van der Waals surface area contributed by atoms with E-state index in [0.29, 0.717) is 10.6 Å². The van der Waals surface area contributed by atoms with E-state index in [4.69, 9.17) is 0 Å². The minimum atomic E-state index is -4.61. The minimum Gasteiger partial charge on any atom is -0.356 e. The number of carbonyl (C=O) groups is 1. The molecule has 0 bridgehead atoms. The predicted molar refractivity (Wildman–Crippen MR) is 69.2 cm³/mol. The fourth-order valence-electron chi connectivity index (χ4n) is 2.25. The number of halogens is 6. The number of pyridine rings is 1. The van der Waals surface area contributed by atoms with Gasteiger partial charge in [0.1, 0.15) is 6.10 Å². The van der Waals surface area contributed by atoms with E-state index in [-0.39, 0.29) is 12.1 Å². The molecule has 1 aromatic heterocycles. The van der Waals surface area contributed by atoms with Gasteiger partial charge >= 0.3 is 6.18 Å². The van der Waals surface area contributed by atoms with E-state index in [0.717, 1.165) is 6.20 Å². The highest BCUT2D eigenvalue weighted by Gasteiger charge is 2.47. The highest BCUT2D eigenvalue weighted by Crippen LogP contribution is 2.33. The fraction of sp³-hybridized carbons (Fsp3) is 0.538. The van der Waals surface area contributed by atoms with Gasteiger partial charge in [-0.2, -0.15) is 13.2 Å². The summed E-state index contributed by atoms with van der Waals surface area (Å²) < 4.78 is 80.5. The Balaban J connectivity index is 2.10. The second kappa shape index (κ2) is 6.83. The molecule has 2 rings (SSSR count). The van der Waals surface area contributed by atoms with Gasteiger partial charge < -0.3 is 14.6 Å². The summed E-state index contributed by atoms with van der Waals surface area (Å²) in [5.74, 6) is -2.36. The predicted octanol–water partition coefficient (Wildman–Crippen LogP) is 2.30. The van der Waals surface area contributed by atoms with Gasteiger partial charge in [-0.1, -0.05) is 0 Å². The maximum atomic E-state index is 13.4. The number of alkyl halides is 5. The molecule has 1 aromatic rings. The van der Waals surface area contributed by atoms with Crippen molar-refractivity contribution < 1.29 is 35.9 Å². The molecule has 1 aliphatic rings. The van der Waals surface area contributed by atoms with Crippen LogP contribution in [0.2, 0.25) is 0 Å². The van der Waals surface area contributed by atoms with Gasteiger partial charge in [-0.3, -0.25) is 9.59 Å². The van der Waals surface area contributed by atoms with Crippen molar-refractivity contribution in [3.8, 4) is 0 Å². The summed E-state index contributed by atoms with van der Waals surface area (Å²) in [5, 5.41) is 2.06. The summed E-state index contributed by atoms with van der Waals surface area (Å²) >= 11 is 0. The third kappa shape index (κ3) is 4.28. The first kappa shape index (κ1) is 18.3. The Morgan fingerprint density at radius 3 is 2.58 bits per heavy atom. The molecule has 0 spiro atoms. The molecular formula is C13H12F6N2O3. The van der Waals surface area contributed by atoms with Crippen LogP contribution >= 0.6 is 0 Å². The molecule has 11 heteroatoms. The van der Waals surface area contributed by atoms with Crippen LogP contribution < -0.4 is 10.9 Å². The Kier molecular flexibility index (Phi) is 5.21. The SMILES string of the molecule is O=C(Nc1cc(F)c(=O)n(CC(F)F)c1)C1CCC(C(F)(F)F)O1. The van der Waals surface area contributed by atoms with Crippen LogP contribution in [0.25, 0.3) is 0 Å². The van der Waals surface area contributed by atoms with Crippen LogP contribution in [-0.2, 0) is 16.1 Å². The molecule has 2 heterocycles. The lowest BCUT2D eigenvalue weighted by molar-refractivity contribution is -0.213. The second-order valence-electron chi connectivity index (χ2n) is 5.15. The highest BCUT2D eigenvalue weighted by atomic mass is 19.4. The van der Waals surface area contributed by atoms with E-state index in [9.17, 15) is 35.9 Å². The Morgan fingerprint density at radius 1 is 1.38 bits per heavy atom. The maximum Gasteiger partial charge on any atom is 0.414 e. The van der Waals surface area contributed by atoms with Crippen molar-refractivity contribution in [3.63, 3.8) is 0 Å². The zero-order valence-corrected chi connectivity index (χ0v) is 11.9. The van der Waals surface area contributed by atoms with Crippen LogP contribution in [0.5, 0.6) is 0 Å². The van der Waals surface area contributed by atoms with E-state index in [1.807, 2.05) is 0 Å². The van der Waals surface area contributed by atoms with Crippen molar-refractivity contribution in [2.75, 3.05) is 5.32 Å². The van der Waals surface area contributed by atoms with Gasteiger partial charge in [0, 0.05) is 12.3 Å².